The van der Waals surface area contributed by atoms with E-state index < -0.39 is 0 Å². The monoisotopic (exact) mass is 231 g/mol. The highest BCUT2D eigenvalue weighted by atomic mass is 32.2. The number of carbonyl (C=O) groups is 1. The molecule has 0 radical (unpaired) electrons. The number of hydrogen-bond acceptors (Lipinski definition) is 4. The van der Waals surface area contributed by atoms with Crippen LogP contribution in [0.15, 0.2) is 0 Å². The first-order chi connectivity index (χ1) is 7.24. The second kappa shape index (κ2) is 7.09. The zero-order valence-corrected chi connectivity index (χ0v) is 10.4. The third-order valence-electron chi connectivity index (χ3n) is 2.66. The van der Waals surface area contributed by atoms with E-state index in [-0.39, 0.29) is 11.2 Å². The number of piperazine rings is 1. The molecule has 1 saturated heterocycles. The number of carbonyl (C=O) groups excluding carboxylic acids is 1. The predicted octanol–water partition coefficient (Wildman–Crippen LogP) is -0.241. The molecule has 0 bridgehead atoms. The molecule has 1 fully saturated rings. The van der Waals surface area contributed by atoms with E-state index in [0.29, 0.717) is 0 Å². The van der Waals surface area contributed by atoms with E-state index in [1.807, 2.05) is 13.2 Å². The molecule has 1 rings (SSSR count). The third-order valence-corrected chi connectivity index (χ3v) is 3.58. The van der Waals surface area contributed by atoms with Gasteiger partial charge in [-0.25, -0.2) is 0 Å². The van der Waals surface area contributed by atoms with Crippen molar-refractivity contribution in [3.63, 3.8) is 0 Å². The molecule has 1 heterocycles. The van der Waals surface area contributed by atoms with Gasteiger partial charge >= 0.3 is 0 Å². The Morgan fingerprint density at radius 2 is 2.20 bits per heavy atom. The molecule has 0 saturated carbocycles. The van der Waals surface area contributed by atoms with Gasteiger partial charge in [0.1, 0.15) is 0 Å². The van der Waals surface area contributed by atoms with Gasteiger partial charge in [-0.3, -0.25) is 9.69 Å². The van der Waals surface area contributed by atoms with Gasteiger partial charge in [0, 0.05) is 39.3 Å². The molecule has 15 heavy (non-hydrogen) atoms. The van der Waals surface area contributed by atoms with E-state index in [4.69, 9.17) is 0 Å². The van der Waals surface area contributed by atoms with Crippen LogP contribution in [0.2, 0.25) is 0 Å². The van der Waals surface area contributed by atoms with E-state index in [9.17, 15) is 4.79 Å². The molecule has 0 aliphatic carbocycles. The highest BCUT2D eigenvalue weighted by Crippen LogP contribution is 2.03. The molecule has 1 unspecified atom stereocenters. The van der Waals surface area contributed by atoms with Gasteiger partial charge in [0.15, 0.2) is 0 Å². The van der Waals surface area contributed by atoms with Crippen molar-refractivity contribution in [3.8, 4) is 0 Å². The third kappa shape index (κ3) is 4.86. The summed E-state index contributed by atoms with van der Waals surface area (Å²) < 4.78 is 0. The van der Waals surface area contributed by atoms with Gasteiger partial charge < -0.3 is 10.6 Å². The Morgan fingerprint density at radius 1 is 1.53 bits per heavy atom. The minimum absolute atomic E-state index is 0.0630. The van der Waals surface area contributed by atoms with Crippen molar-refractivity contribution in [3.05, 3.63) is 0 Å². The van der Waals surface area contributed by atoms with Crippen LogP contribution in [0.4, 0.5) is 0 Å². The second-order valence-corrected chi connectivity index (χ2v) is 4.94. The van der Waals surface area contributed by atoms with Crippen molar-refractivity contribution in [2.45, 2.75) is 12.2 Å². The van der Waals surface area contributed by atoms with E-state index >= 15 is 0 Å². The number of amides is 1. The van der Waals surface area contributed by atoms with Crippen LogP contribution < -0.4 is 10.6 Å². The van der Waals surface area contributed by atoms with E-state index in [1.54, 1.807) is 11.8 Å². The number of nitrogens with zero attached hydrogens (tertiary/aromatic N) is 1. The quantitative estimate of drug-likeness (QED) is 0.685. The SMILES string of the molecule is CSC(C)C(=O)NCCN1CCNCC1. The summed E-state index contributed by atoms with van der Waals surface area (Å²) in [7, 11) is 0. The molecule has 4 nitrogen and oxygen atoms in total. The van der Waals surface area contributed by atoms with Crippen LogP contribution in [0, 0.1) is 0 Å². The Hall–Kier alpha value is -0.260. The van der Waals surface area contributed by atoms with Crippen LogP contribution in [0.5, 0.6) is 0 Å². The Balaban J connectivity index is 2.07. The minimum Gasteiger partial charge on any atom is -0.354 e. The first kappa shape index (κ1) is 12.8. The Kier molecular flexibility index (Phi) is 6.05. The fraction of sp³-hybridized carbons (Fsp3) is 0.900. The molecule has 1 amide bonds. The standard InChI is InChI=1S/C10H21N3OS/c1-9(15-2)10(14)12-5-8-13-6-3-11-4-7-13/h9,11H,3-8H2,1-2H3,(H,12,14). The largest absolute Gasteiger partial charge is 0.354 e. The molecule has 0 aromatic heterocycles. The molecule has 5 heteroatoms. The summed E-state index contributed by atoms with van der Waals surface area (Å²) in [5.74, 6) is 0.151. The molecule has 0 aromatic carbocycles. The number of nitrogens with one attached hydrogen (secondary N) is 2. The number of thioether (sulfide) groups is 1. The molecule has 1 atom stereocenters. The zero-order valence-electron chi connectivity index (χ0n) is 9.58. The van der Waals surface area contributed by atoms with Gasteiger partial charge in [0.25, 0.3) is 0 Å². The minimum atomic E-state index is 0.0630. The first-order valence-electron chi connectivity index (χ1n) is 5.47. The maximum absolute atomic E-state index is 11.5. The predicted molar refractivity (Wildman–Crippen MR) is 65.3 cm³/mol. The van der Waals surface area contributed by atoms with Crippen molar-refractivity contribution < 1.29 is 4.79 Å². The summed E-state index contributed by atoms with van der Waals surface area (Å²) in [6, 6.07) is 0. The van der Waals surface area contributed by atoms with Crippen molar-refractivity contribution in [1.82, 2.24) is 15.5 Å². The summed E-state index contributed by atoms with van der Waals surface area (Å²) in [6.07, 6.45) is 1.96. The lowest BCUT2D eigenvalue weighted by Crippen LogP contribution is -2.46. The van der Waals surface area contributed by atoms with Crippen molar-refractivity contribution in [2.24, 2.45) is 0 Å². The van der Waals surface area contributed by atoms with Crippen LogP contribution in [0.25, 0.3) is 0 Å². The summed E-state index contributed by atoms with van der Waals surface area (Å²) in [4.78, 5) is 13.8. The van der Waals surface area contributed by atoms with Crippen molar-refractivity contribution >= 4 is 17.7 Å². The average molecular weight is 231 g/mol. The fourth-order valence-electron chi connectivity index (χ4n) is 1.52. The zero-order chi connectivity index (χ0) is 11.1. The Labute approximate surface area is 96.2 Å². The molecule has 2 N–H and O–H groups in total. The number of hydrogen-bond donors (Lipinski definition) is 2. The lowest BCUT2D eigenvalue weighted by Gasteiger charge is -2.27. The van der Waals surface area contributed by atoms with Gasteiger partial charge in [-0.1, -0.05) is 0 Å². The van der Waals surface area contributed by atoms with Crippen LogP contribution >= 0.6 is 11.8 Å². The number of rotatable bonds is 5. The lowest BCUT2D eigenvalue weighted by molar-refractivity contribution is -0.120. The molecule has 0 aromatic rings. The van der Waals surface area contributed by atoms with Crippen LogP contribution in [0.1, 0.15) is 6.92 Å². The second-order valence-electron chi connectivity index (χ2n) is 3.76. The summed E-state index contributed by atoms with van der Waals surface area (Å²) in [5, 5.41) is 6.33. The molecule has 1 aliphatic rings. The average Bonchev–Trinajstić information content (AvgIpc) is 2.29. The molecular weight excluding hydrogens is 210 g/mol. The maximum atomic E-state index is 11.5. The van der Waals surface area contributed by atoms with Crippen LogP contribution in [-0.4, -0.2) is 61.6 Å². The van der Waals surface area contributed by atoms with Gasteiger partial charge in [-0.05, 0) is 13.2 Å². The van der Waals surface area contributed by atoms with Crippen LogP contribution in [-0.2, 0) is 4.79 Å². The van der Waals surface area contributed by atoms with Gasteiger partial charge in [0.05, 0.1) is 5.25 Å². The van der Waals surface area contributed by atoms with Gasteiger partial charge in [-0.15, -0.1) is 0 Å². The van der Waals surface area contributed by atoms with Gasteiger partial charge in [-0.2, -0.15) is 11.8 Å². The normalized spacial score (nSPS) is 19.9. The molecule has 1 aliphatic heterocycles. The lowest BCUT2D eigenvalue weighted by atomic mass is 10.3. The molecule has 88 valence electrons. The van der Waals surface area contributed by atoms with Crippen molar-refractivity contribution in [1.29, 1.82) is 0 Å². The summed E-state index contributed by atoms with van der Waals surface area (Å²) in [5.41, 5.74) is 0. The fourth-order valence-corrected chi connectivity index (χ4v) is 1.82. The summed E-state index contributed by atoms with van der Waals surface area (Å²) in [6.45, 7) is 7.98. The van der Waals surface area contributed by atoms with E-state index in [0.717, 1.165) is 39.3 Å². The van der Waals surface area contributed by atoms with E-state index in [2.05, 4.69) is 15.5 Å². The Bertz CT molecular complexity index is 195. The van der Waals surface area contributed by atoms with Crippen molar-refractivity contribution in [2.75, 3.05) is 45.5 Å². The Morgan fingerprint density at radius 3 is 2.80 bits per heavy atom. The smallest absolute Gasteiger partial charge is 0.232 e. The topological polar surface area (TPSA) is 44.4 Å². The maximum Gasteiger partial charge on any atom is 0.232 e. The van der Waals surface area contributed by atoms with Crippen LogP contribution in [0.3, 0.4) is 0 Å². The highest BCUT2D eigenvalue weighted by molar-refractivity contribution is 7.99. The van der Waals surface area contributed by atoms with E-state index in [1.165, 1.54) is 0 Å². The molecular formula is C10H21N3OS. The summed E-state index contributed by atoms with van der Waals surface area (Å²) >= 11 is 1.58. The van der Waals surface area contributed by atoms with Gasteiger partial charge in [0.2, 0.25) is 5.91 Å². The molecule has 0 spiro atoms. The highest BCUT2D eigenvalue weighted by Gasteiger charge is 2.12. The first-order valence-corrected chi connectivity index (χ1v) is 6.76.